The minimum atomic E-state index is -3.19. The summed E-state index contributed by atoms with van der Waals surface area (Å²) in [5.41, 5.74) is 2.63. The molecule has 0 aliphatic carbocycles. The summed E-state index contributed by atoms with van der Waals surface area (Å²) in [6.07, 6.45) is 3.23. The maximum atomic E-state index is 15.6. The molecule has 0 radical (unpaired) electrons. The number of benzene rings is 1. The van der Waals surface area contributed by atoms with Crippen LogP contribution in [-0.2, 0) is 32.2 Å². The zero-order valence-electron chi connectivity index (χ0n) is 21.5. The number of imidazole rings is 1. The third kappa shape index (κ3) is 4.11. The number of carbonyl (C=O) groups is 3. The van der Waals surface area contributed by atoms with Gasteiger partial charge in [0.05, 0.1) is 41.7 Å². The topological polar surface area (TPSA) is 110 Å². The zero-order valence-corrected chi connectivity index (χ0v) is 21.5. The number of rotatable bonds is 3. The lowest BCUT2D eigenvalue weighted by molar-refractivity contribution is -0.138. The number of alkyl halides is 2. The van der Waals surface area contributed by atoms with E-state index in [9.17, 15) is 23.2 Å². The largest absolute Gasteiger partial charge is 0.373 e. The van der Waals surface area contributed by atoms with Gasteiger partial charge in [0.2, 0.25) is 5.91 Å². The molecule has 0 spiro atoms. The standard InChI is InChI=1S/C28H23F3N6O4/c29-20-9-17-16(22-23(26(39)34-25(22)38)19-11-33-21-3-1-2-6-36(19)21)5-4-15-10-32-18(12-37(20)24(15)17)27(40)35-7-8-41-14-28(30,31)13-35/h1-6,9,11,18,32H,7-8,10,12-14H2,(H,34,38,39). The Balaban J connectivity index is 1.32. The Labute approximate surface area is 230 Å². The van der Waals surface area contributed by atoms with Crippen molar-refractivity contribution in [3.63, 3.8) is 0 Å². The first-order valence-corrected chi connectivity index (χ1v) is 13.0. The second-order valence-corrected chi connectivity index (χ2v) is 10.3. The van der Waals surface area contributed by atoms with Crippen LogP contribution >= 0.6 is 0 Å². The van der Waals surface area contributed by atoms with Crippen molar-refractivity contribution in [3.8, 4) is 0 Å². The summed E-state index contributed by atoms with van der Waals surface area (Å²) in [5.74, 6) is -5.65. The van der Waals surface area contributed by atoms with Gasteiger partial charge >= 0.3 is 0 Å². The lowest BCUT2D eigenvalue weighted by atomic mass is 9.95. The van der Waals surface area contributed by atoms with E-state index >= 15 is 4.39 Å². The molecule has 13 heteroatoms. The first kappa shape index (κ1) is 25.5. The van der Waals surface area contributed by atoms with Crippen LogP contribution in [0.2, 0.25) is 0 Å². The molecule has 1 aromatic carbocycles. The molecule has 0 bridgehead atoms. The molecule has 1 unspecified atom stereocenters. The quantitative estimate of drug-likeness (QED) is 0.369. The number of carbonyl (C=O) groups excluding carboxylic acids is 3. The van der Waals surface area contributed by atoms with Gasteiger partial charge in [0, 0.05) is 37.3 Å². The van der Waals surface area contributed by atoms with E-state index in [0.717, 1.165) is 4.90 Å². The molecule has 3 aliphatic rings. The molecule has 41 heavy (non-hydrogen) atoms. The maximum absolute atomic E-state index is 15.6. The Morgan fingerprint density at radius 3 is 2.80 bits per heavy atom. The highest BCUT2D eigenvalue weighted by Crippen LogP contribution is 2.38. The van der Waals surface area contributed by atoms with Crippen LogP contribution in [0.4, 0.5) is 13.2 Å². The number of imide groups is 1. The number of aromatic nitrogens is 3. The average molecular weight is 565 g/mol. The molecule has 3 aromatic heterocycles. The third-order valence-corrected chi connectivity index (χ3v) is 7.72. The molecular formula is C28H23F3N6O4. The van der Waals surface area contributed by atoms with Gasteiger partial charge in [-0.3, -0.25) is 24.1 Å². The highest BCUT2D eigenvalue weighted by Gasteiger charge is 2.40. The van der Waals surface area contributed by atoms with Crippen LogP contribution in [0.25, 0.3) is 27.7 Å². The van der Waals surface area contributed by atoms with Crippen molar-refractivity contribution >= 4 is 45.4 Å². The van der Waals surface area contributed by atoms with Crippen molar-refractivity contribution in [1.29, 1.82) is 0 Å². The fourth-order valence-corrected chi connectivity index (χ4v) is 5.89. The van der Waals surface area contributed by atoms with E-state index < -0.39 is 48.8 Å². The Morgan fingerprint density at radius 2 is 1.95 bits per heavy atom. The van der Waals surface area contributed by atoms with Crippen molar-refractivity contribution in [2.75, 3.05) is 26.3 Å². The van der Waals surface area contributed by atoms with Crippen molar-refractivity contribution < 1.29 is 32.3 Å². The number of halogens is 3. The van der Waals surface area contributed by atoms with Gasteiger partial charge in [-0.15, -0.1) is 0 Å². The Morgan fingerprint density at radius 1 is 1.12 bits per heavy atom. The van der Waals surface area contributed by atoms with E-state index in [1.54, 1.807) is 40.9 Å². The smallest absolute Gasteiger partial charge is 0.288 e. The van der Waals surface area contributed by atoms with Gasteiger partial charge in [0.25, 0.3) is 17.7 Å². The summed E-state index contributed by atoms with van der Waals surface area (Å²) in [4.78, 5) is 44.9. The molecule has 1 atom stereocenters. The highest BCUT2D eigenvalue weighted by molar-refractivity contribution is 6.49. The molecular weight excluding hydrogens is 541 g/mol. The molecule has 3 amide bonds. The van der Waals surface area contributed by atoms with Crippen LogP contribution in [0, 0.1) is 5.95 Å². The van der Waals surface area contributed by atoms with Gasteiger partial charge in [-0.25, -0.2) is 13.8 Å². The Hall–Kier alpha value is -4.49. The molecule has 3 aliphatic heterocycles. The second kappa shape index (κ2) is 9.28. The highest BCUT2D eigenvalue weighted by atomic mass is 19.3. The molecule has 2 N–H and O–H groups in total. The van der Waals surface area contributed by atoms with Gasteiger partial charge in [-0.2, -0.15) is 4.39 Å². The first-order chi connectivity index (χ1) is 19.7. The van der Waals surface area contributed by atoms with Crippen molar-refractivity contribution in [2.24, 2.45) is 0 Å². The number of amides is 3. The van der Waals surface area contributed by atoms with Crippen LogP contribution in [0.1, 0.15) is 16.8 Å². The fourth-order valence-electron chi connectivity index (χ4n) is 5.89. The van der Waals surface area contributed by atoms with Crippen molar-refractivity contribution in [3.05, 3.63) is 71.6 Å². The third-order valence-electron chi connectivity index (χ3n) is 7.72. The number of hydrogen-bond acceptors (Lipinski definition) is 6. The number of pyridine rings is 1. The van der Waals surface area contributed by atoms with E-state index in [4.69, 9.17) is 4.74 Å². The number of nitrogens with zero attached hydrogens (tertiary/aromatic N) is 4. The van der Waals surface area contributed by atoms with Crippen LogP contribution in [0.5, 0.6) is 0 Å². The summed E-state index contributed by atoms with van der Waals surface area (Å²) >= 11 is 0. The van der Waals surface area contributed by atoms with Crippen molar-refractivity contribution in [1.82, 2.24) is 29.5 Å². The fraction of sp³-hybridized carbons (Fsp3) is 0.286. The first-order valence-electron chi connectivity index (χ1n) is 13.0. The molecule has 4 aromatic rings. The summed E-state index contributed by atoms with van der Waals surface area (Å²) in [5, 5.41) is 5.82. The maximum Gasteiger partial charge on any atom is 0.288 e. The minimum absolute atomic E-state index is 0.00335. The molecule has 10 nitrogen and oxygen atoms in total. The van der Waals surface area contributed by atoms with E-state index in [0.29, 0.717) is 33.4 Å². The van der Waals surface area contributed by atoms with Crippen LogP contribution in [-0.4, -0.2) is 74.8 Å². The Bertz CT molecular complexity index is 1810. The summed E-state index contributed by atoms with van der Waals surface area (Å²) < 4.78 is 51.8. The molecule has 6 heterocycles. The predicted molar refractivity (Wildman–Crippen MR) is 140 cm³/mol. The van der Waals surface area contributed by atoms with E-state index in [1.165, 1.54) is 16.8 Å². The SMILES string of the molecule is O=C1NC(=O)C(c2cnc3ccccn23)=C1c1ccc2c3c1cc(F)n3CC(C(=O)N1CCOCC(F)(F)C1)NC2. The van der Waals surface area contributed by atoms with Crippen LogP contribution < -0.4 is 10.6 Å². The normalized spacial score (nSPS) is 21.0. The number of fused-ring (bicyclic) bond motifs is 1. The predicted octanol–water partition coefficient (Wildman–Crippen LogP) is 1.96. The van der Waals surface area contributed by atoms with Gasteiger partial charge in [0.15, 0.2) is 5.95 Å². The van der Waals surface area contributed by atoms with Gasteiger partial charge in [-0.1, -0.05) is 18.2 Å². The van der Waals surface area contributed by atoms with Gasteiger partial charge in [0.1, 0.15) is 18.3 Å². The van der Waals surface area contributed by atoms with Crippen LogP contribution in [0.3, 0.4) is 0 Å². The van der Waals surface area contributed by atoms with E-state index in [1.807, 2.05) is 0 Å². The lowest BCUT2D eigenvalue weighted by Crippen LogP contribution is -2.51. The molecule has 1 saturated heterocycles. The molecule has 1 fully saturated rings. The Kier molecular flexibility index (Phi) is 5.77. The van der Waals surface area contributed by atoms with Crippen molar-refractivity contribution in [2.45, 2.75) is 25.1 Å². The van der Waals surface area contributed by atoms with E-state index in [-0.39, 0.29) is 37.4 Å². The number of hydrogen-bond donors (Lipinski definition) is 2. The number of ether oxygens (including phenoxy) is 1. The average Bonchev–Trinajstić information content (AvgIpc) is 3.48. The van der Waals surface area contributed by atoms with E-state index in [2.05, 4.69) is 15.6 Å². The minimum Gasteiger partial charge on any atom is -0.373 e. The summed E-state index contributed by atoms with van der Waals surface area (Å²) in [6, 6.07) is 8.98. The second-order valence-electron chi connectivity index (χ2n) is 10.3. The number of nitrogens with one attached hydrogen (secondary N) is 2. The van der Waals surface area contributed by atoms with Crippen LogP contribution in [0.15, 0.2) is 48.8 Å². The monoisotopic (exact) mass is 564 g/mol. The summed E-state index contributed by atoms with van der Waals surface area (Å²) in [6.45, 7) is -1.58. The van der Waals surface area contributed by atoms with Gasteiger partial charge < -0.3 is 19.5 Å². The molecule has 210 valence electrons. The summed E-state index contributed by atoms with van der Waals surface area (Å²) in [7, 11) is 0. The molecule has 7 rings (SSSR count). The lowest BCUT2D eigenvalue weighted by Gasteiger charge is -2.27. The van der Waals surface area contributed by atoms with Gasteiger partial charge in [-0.05, 0) is 23.3 Å². The molecule has 0 saturated carbocycles. The zero-order chi connectivity index (χ0) is 28.5.